The topological polar surface area (TPSA) is 61.4 Å². The van der Waals surface area contributed by atoms with Crippen LogP contribution in [-0.2, 0) is 4.79 Å². The molecule has 1 amide bonds. The molecule has 0 aliphatic carbocycles. The van der Waals surface area contributed by atoms with E-state index >= 15 is 0 Å². The molecule has 8 heteroatoms. The number of amides is 1. The molecule has 0 radical (unpaired) electrons. The van der Waals surface area contributed by atoms with Crippen molar-refractivity contribution in [3.63, 3.8) is 0 Å². The fraction of sp³-hybridized carbons (Fsp3) is 0.577. The van der Waals surface area contributed by atoms with Gasteiger partial charge in [-0.05, 0) is 58.1 Å². The Labute approximate surface area is 204 Å². The van der Waals surface area contributed by atoms with Gasteiger partial charge in [-0.15, -0.1) is 11.3 Å². The van der Waals surface area contributed by atoms with Gasteiger partial charge in [-0.3, -0.25) is 9.69 Å². The summed E-state index contributed by atoms with van der Waals surface area (Å²) in [5, 5.41) is 3.76. The number of thiophene rings is 1. The predicted octanol–water partition coefficient (Wildman–Crippen LogP) is 4.97. The first-order chi connectivity index (χ1) is 16.5. The first kappa shape index (κ1) is 23.4. The quantitative estimate of drug-likeness (QED) is 0.502. The van der Waals surface area contributed by atoms with E-state index in [4.69, 9.17) is 0 Å². The van der Waals surface area contributed by atoms with Crippen molar-refractivity contribution in [3.8, 4) is 0 Å². The second-order valence-electron chi connectivity index (χ2n) is 9.86. The Kier molecular flexibility index (Phi) is 6.97. The summed E-state index contributed by atoms with van der Waals surface area (Å²) in [6.45, 7) is 7.98. The zero-order chi connectivity index (χ0) is 23.7. The Balaban J connectivity index is 1.15. The summed E-state index contributed by atoms with van der Waals surface area (Å²) in [5.74, 6) is 0.833. The van der Waals surface area contributed by atoms with Gasteiger partial charge in [0.15, 0.2) is 0 Å². The van der Waals surface area contributed by atoms with E-state index in [0.717, 1.165) is 60.7 Å². The van der Waals surface area contributed by atoms with Crippen LogP contribution in [0.2, 0.25) is 0 Å². The Morgan fingerprint density at radius 3 is 2.68 bits per heavy atom. The van der Waals surface area contributed by atoms with E-state index in [0.29, 0.717) is 23.0 Å². The molecule has 3 aromatic rings. The molecule has 1 aromatic carbocycles. The van der Waals surface area contributed by atoms with Crippen molar-refractivity contribution in [2.24, 2.45) is 5.92 Å². The zero-order valence-electron chi connectivity index (χ0n) is 20.1. The van der Waals surface area contributed by atoms with Crippen molar-refractivity contribution in [1.29, 1.82) is 0 Å². The normalized spacial score (nSPS) is 22.5. The van der Waals surface area contributed by atoms with E-state index in [1.807, 2.05) is 6.07 Å². The van der Waals surface area contributed by atoms with Crippen molar-refractivity contribution in [1.82, 2.24) is 20.2 Å². The highest BCUT2D eigenvalue weighted by Crippen LogP contribution is 2.39. The van der Waals surface area contributed by atoms with Crippen molar-refractivity contribution >= 4 is 43.4 Å². The monoisotopic (exact) mass is 483 g/mol. The summed E-state index contributed by atoms with van der Waals surface area (Å²) in [7, 11) is 0. The van der Waals surface area contributed by atoms with E-state index < -0.39 is 0 Å². The molecule has 34 heavy (non-hydrogen) atoms. The molecule has 4 heterocycles. The van der Waals surface area contributed by atoms with Gasteiger partial charge in [-0.1, -0.05) is 12.5 Å². The average molecular weight is 484 g/mol. The summed E-state index contributed by atoms with van der Waals surface area (Å²) in [6.07, 6.45) is 8.02. The summed E-state index contributed by atoms with van der Waals surface area (Å²) < 4.78 is 16.2. The molecule has 182 valence electrons. The first-order valence-corrected chi connectivity index (χ1v) is 13.4. The maximum Gasteiger partial charge on any atom is 0.223 e. The number of benzene rings is 1. The number of carbonyl (C=O) groups is 1. The summed E-state index contributed by atoms with van der Waals surface area (Å²) >= 11 is 1.54. The van der Waals surface area contributed by atoms with Crippen molar-refractivity contribution in [2.45, 2.75) is 64.5 Å². The molecule has 5 rings (SSSR count). The van der Waals surface area contributed by atoms with Gasteiger partial charge in [0.1, 0.15) is 18.0 Å². The Hall–Kier alpha value is -2.32. The van der Waals surface area contributed by atoms with E-state index in [2.05, 4.69) is 38.9 Å². The number of aromatic nitrogens is 2. The number of rotatable bonds is 6. The van der Waals surface area contributed by atoms with Gasteiger partial charge in [-0.2, -0.15) is 0 Å². The Morgan fingerprint density at radius 1 is 1.15 bits per heavy atom. The molecule has 2 atom stereocenters. The van der Waals surface area contributed by atoms with Crippen LogP contribution in [0.4, 0.5) is 10.2 Å². The number of carbonyl (C=O) groups excluding carboxylic acids is 1. The first-order valence-electron chi connectivity index (χ1n) is 12.6. The number of fused-ring (bicyclic) bond motifs is 3. The Bertz CT molecular complexity index is 1150. The van der Waals surface area contributed by atoms with Gasteiger partial charge in [0.2, 0.25) is 5.91 Å². The minimum absolute atomic E-state index is 0.0428. The molecule has 1 N–H and O–H groups in total. The lowest BCUT2D eigenvalue weighted by atomic mass is 9.95. The van der Waals surface area contributed by atoms with Gasteiger partial charge in [-0.25, -0.2) is 14.4 Å². The molecular weight excluding hydrogens is 449 g/mol. The highest BCUT2D eigenvalue weighted by molar-refractivity contribution is 7.26. The number of halogens is 1. The van der Waals surface area contributed by atoms with Gasteiger partial charge < -0.3 is 10.2 Å². The van der Waals surface area contributed by atoms with Crippen molar-refractivity contribution < 1.29 is 9.18 Å². The molecule has 0 spiro atoms. The fourth-order valence-corrected chi connectivity index (χ4v) is 6.86. The maximum absolute atomic E-state index is 14.4. The molecule has 2 fully saturated rings. The van der Waals surface area contributed by atoms with E-state index in [1.54, 1.807) is 6.07 Å². The number of anilines is 1. The van der Waals surface area contributed by atoms with Crippen molar-refractivity contribution in [3.05, 3.63) is 30.3 Å². The average Bonchev–Trinajstić information content (AvgIpc) is 3.23. The number of piperidine rings is 2. The molecule has 2 aliphatic rings. The smallest absolute Gasteiger partial charge is 0.223 e. The van der Waals surface area contributed by atoms with Crippen LogP contribution in [0.1, 0.15) is 52.4 Å². The standard InChI is InChI=1S/C26H34FN5OS/c1-17-6-3-7-18(2)32(17)13-5-12-28-26(33)19-10-14-31(15-11-19)25-24-23(29-16-30-25)22-20(27)8-4-9-21(22)34-24/h4,8-9,16-19H,3,5-7,10-15H2,1-2H3,(H,28,33)/t17-,18-/m0/s1. The predicted molar refractivity (Wildman–Crippen MR) is 137 cm³/mol. The van der Waals surface area contributed by atoms with Crippen LogP contribution in [-0.4, -0.2) is 59.0 Å². The van der Waals surface area contributed by atoms with Gasteiger partial charge in [0, 0.05) is 48.9 Å². The van der Waals surface area contributed by atoms with E-state index in [-0.39, 0.29) is 17.6 Å². The number of nitrogens with one attached hydrogen (secondary N) is 1. The molecule has 0 bridgehead atoms. The molecule has 0 saturated carbocycles. The molecule has 2 aromatic heterocycles. The molecule has 6 nitrogen and oxygen atoms in total. The third kappa shape index (κ3) is 4.62. The van der Waals surface area contributed by atoms with Gasteiger partial charge in [0.05, 0.1) is 15.6 Å². The third-order valence-corrected chi connectivity index (χ3v) is 8.78. The molecule has 0 unspecified atom stereocenters. The highest BCUT2D eigenvalue weighted by atomic mass is 32.1. The summed E-state index contributed by atoms with van der Waals surface area (Å²) in [5.41, 5.74) is 0.681. The van der Waals surface area contributed by atoms with Crippen LogP contribution in [0.25, 0.3) is 20.3 Å². The minimum atomic E-state index is -0.243. The number of hydrogen-bond acceptors (Lipinski definition) is 6. The van der Waals surface area contributed by atoms with E-state index in [1.165, 1.54) is 43.0 Å². The molecule has 2 saturated heterocycles. The summed E-state index contributed by atoms with van der Waals surface area (Å²) in [6, 6.07) is 6.44. The van der Waals surface area contributed by atoms with Crippen LogP contribution in [0.5, 0.6) is 0 Å². The van der Waals surface area contributed by atoms with Crippen LogP contribution in [0.3, 0.4) is 0 Å². The van der Waals surface area contributed by atoms with Crippen LogP contribution in [0.15, 0.2) is 24.5 Å². The second-order valence-corrected chi connectivity index (χ2v) is 10.9. The highest BCUT2D eigenvalue weighted by Gasteiger charge is 2.28. The lowest BCUT2D eigenvalue weighted by Crippen LogP contribution is -2.45. The largest absolute Gasteiger partial charge is 0.356 e. The van der Waals surface area contributed by atoms with Gasteiger partial charge >= 0.3 is 0 Å². The maximum atomic E-state index is 14.4. The lowest BCUT2D eigenvalue weighted by Gasteiger charge is -2.39. The molecule has 2 aliphatic heterocycles. The third-order valence-electron chi connectivity index (χ3n) is 7.64. The summed E-state index contributed by atoms with van der Waals surface area (Å²) in [4.78, 5) is 26.5. The second kappa shape index (κ2) is 10.1. The number of likely N-dealkylation sites (tertiary alicyclic amines) is 1. The minimum Gasteiger partial charge on any atom is -0.356 e. The zero-order valence-corrected chi connectivity index (χ0v) is 20.9. The van der Waals surface area contributed by atoms with Crippen molar-refractivity contribution in [2.75, 3.05) is 31.1 Å². The SMILES string of the molecule is C[C@H]1CCC[C@H](C)N1CCCNC(=O)C1CCN(c2ncnc3c2sc2cccc(F)c23)CC1. The van der Waals surface area contributed by atoms with Crippen LogP contribution < -0.4 is 10.2 Å². The van der Waals surface area contributed by atoms with E-state index in [9.17, 15) is 9.18 Å². The van der Waals surface area contributed by atoms with Gasteiger partial charge in [0.25, 0.3) is 0 Å². The number of hydrogen-bond donors (Lipinski definition) is 1. The van der Waals surface area contributed by atoms with Crippen LogP contribution in [0, 0.1) is 11.7 Å². The lowest BCUT2D eigenvalue weighted by molar-refractivity contribution is -0.125. The van der Waals surface area contributed by atoms with Crippen LogP contribution >= 0.6 is 11.3 Å². The Morgan fingerprint density at radius 2 is 1.91 bits per heavy atom. The number of nitrogens with zero attached hydrogens (tertiary/aromatic N) is 4. The fourth-order valence-electron chi connectivity index (χ4n) is 5.68. The molecular formula is C26H34FN5OS.